The first kappa shape index (κ1) is 14.9. The summed E-state index contributed by atoms with van der Waals surface area (Å²) in [6.07, 6.45) is 0.927. The maximum Gasteiger partial charge on any atom is 0.270 e. The highest BCUT2D eigenvalue weighted by molar-refractivity contribution is 7.89. The van der Waals surface area contributed by atoms with Crippen molar-refractivity contribution in [3.63, 3.8) is 0 Å². The number of nitro benzene ring substituents is 1. The fourth-order valence-corrected chi connectivity index (χ4v) is 3.56. The number of non-ortho nitro benzene ring substituents is 1. The standard InChI is InChI=1S/C12H17N3O4S/c1-9-2-3-11(15(16)17)6-12(9)20(18,19)14-8-10-4-5-13-7-10/h2-3,6,10,13-14H,4-5,7-8H2,1H3. The molecule has 1 aliphatic rings. The van der Waals surface area contributed by atoms with Crippen LogP contribution >= 0.6 is 0 Å². The molecule has 0 amide bonds. The van der Waals surface area contributed by atoms with Gasteiger partial charge in [-0.2, -0.15) is 0 Å². The second-order valence-electron chi connectivity index (χ2n) is 4.92. The molecule has 0 aliphatic carbocycles. The molecule has 2 rings (SSSR count). The van der Waals surface area contributed by atoms with Gasteiger partial charge in [-0.3, -0.25) is 10.1 Å². The van der Waals surface area contributed by atoms with Gasteiger partial charge in [-0.25, -0.2) is 13.1 Å². The van der Waals surface area contributed by atoms with Gasteiger partial charge in [0.25, 0.3) is 5.69 Å². The molecule has 0 radical (unpaired) electrons. The van der Waals surface area contributed by atoms with Crippen molar-refractivity contribution in [2.45, 2.75) is 18.2 Å². The molecule has 7 nitrogen and oxygen atoms in total. The highest BCUT2D eigenvalue weighted by atomic mass is 32.2. The molecule has 1 aliphatic heterocycles. The largest absolute Gasteiger partial charge is 0.316 e. The molecule has 1 aromatic carbocycles. The van der Waals surface area contributed by atoms with Crippen LogP contribution in [0.5, 0.6) is 0 Å². The first-order valence-corrected chi connectivity index (χ1v) is 7.84. The van der Waals surface area contributed by atoms with Crippen LogP contribution in [-0.4, -0.2) is 33.0 Å². The van der Waals surface area contributed by atoms with Crippen molar-refractivity contribution in [3.05, 3.63) is 33.9 Å². The number of nitro groups is 1. The van der Waals surface area contributed by atoms with E-state index in [1.54, 1.807) is 6.92 Å². The third-order valence-electron chi connectivity index (χ3n) is 3.40. The van der Waals surface area contributed by atoms with Crippen LogP contribution in [0.25, 0.3) is 0 Å². The van der Waals surface area contributed by atoms with Crippen molar-refractivity contribution in [1.29, 1.82) is 0 Å². The lowest BCUT2D eigenvalue weighted by molar-refractivity contribution is -0.385. The Morgan fingerprint density at radius 1 is 1.50 bits per heavy atom. The monoisotopic (exact) mass is 299 g/mol. The van der Waals surface area contributed by atoms with E-state index in [4.69, 9.17) is 0 Å². The first-order chi connectivity index (χ1) is 9.40. The summed E-state index contributed by atoms with van der Waals surface area (Å²) in [5, 5.41) is 13.9. The minimum absolute atomic E-state index is 0.0299. The number of benzene rings is 1. The van der Waals surface area contributed by atoms with Gasteiger partial charge in [0.2, 0.25) is 10.0 Å². The van der Waals surface area contributed by atoms with E-state index >= 15 is 0 Å². The molecule has 0 bridgehead atoms. The highest BCUT2D eigenvalue weighted by Crippen LogP contribution is 2.21. The lowest BCUT2D eigenvalue weighted by atomic mass is 10.1. The maximum atomic E-state index is 12.2. The van der Waals surface area contributed by atoms with Gasteiger partial charge in [-0.1, -0.05) is 6.07 Å². The van der Waals surface area contributed by atoms with Crippen LogP contribution in [-0.2, 0) is 10.0 Å². The van der Waals surface area contributed by atoms with Gasteiger partial charge in [0.15, 0.2) is 0 Å². The summed E-state index contributed by atoms with van der Waals surface area (Å²) >= 11 is 0. The quantitative estimate of drug-likeness (QED) is 0.618. The summed E-state index contributed by atoms with van der Waals surface area (Å²) in [7, 11) is -3.72. The summed E-state index contributed by atoms with van der Waals surface area (Å²) in [6.45, 7) is 3.64. The van der Waals surface area contributed by atoms with Crippen LogP contribution < -0.4 is 10.0 Å². The van der Waals surface area contributed by atoms with E-state index in [-0.39, 0.29) is 16.5 Å². The Hall–Kier alpha value is -1.51. The Labute approximate surface area is 117 Å². The number of nitrogens with one attached hydrogen (secondary N) is 2. The SMILES string of the molecule is Cc1ccc([N+](=O)[O-])cc1S(=O)(=O)NCC1CCNC1. The van der Waals surface area contributed by atoms with Crippen LogP contribution in [0, 0.1) is 23.0 Å². The molecule has 8 heteroatoms. The Kier molecular flexibility index (Phi) is 4.36. The van der Waals surface area contributed by atoms with Crippen LogP contribution in [0.4, 0.5) is 5.69 Å². The number of aryl methyl sites for hydroxylation is 1. The average molecular weight is 299 g/mol. The molecule has 1 aromatic rings. The van der Waals surface area contributed by atoms with E-state index in [0.29, 0.717) is 12.1 Å². The van der Waals surface area contributed by atoms with E-state index in [1.165, 1.54) is 12.1 Å². The number of hydrogen-bond acceptors (Lipinski definition) is 5. The summed E-state index contributed by atoms with van der Waals surface area (Å²) in [5.41, 5.74) is 0.270. The molecule has 0 aromatic heterocycles. The van der Waals surface area contributed by atoms with Crippen molar-refractivity contribution in [1.82, 2.24) is 10.0 Å². The Balaban J connectivity index is 2.19. The highest BCUT2D eigenvalue weighted by Gasteiger charge is 2.22. The number of sulfonamides is 1. The molecule has 1 fully saturated rings. The topological polar surface area (TPSA) is 101 Å². The van der Waals surface area contributed by atoms with Crippen molar-refractivity contribution < 1.29 is 13.3 Å². The van der Waals surface area contributed by atoms with E-state index < -0.39 is 14.9 Å². The van der Waals surface area contributed by atoms with Crippen LogP contribution in [0.15, 0.2) is 23.1 Å². The molecule has 1 saturated heterocycles. The zero-order chi connectivity index (χ0) is 14.8. The summed E-state index contributed by atoms with van der Waals surface area (Å²) in [6, 6.07) is 3.85. The molecule has 110 valence electrons. The molecule has 2 N–H and O–H groups in total. The summed E-state index contributed by atoms with van der Waals surface area (Å²) < 4.78 is 27.0. The Morgan fingerprint density at radius 3 is 2.85 bits per heavy atom. The number of hydrogen-bond donors (Lipinski definition) is 2. The zero-order valence-corrected chi connectivity index (χ0v) is 11.9. The molecule has 1 heterocycles. The number of nitrogens with zero attached hydrogens (tertiary/aromatic N) is 1. The smallest absolute Gasteiger partial charge is 0.270 e. The molecular formula is C12H17N3O4S. The van der Waals surface area contributed by atoms with Gasteiger partial charge in [-0.05, 0) is 37.9 Å². The molecule has 1 atom stereocenters. The Morgan fingerprint density at radius 2 is 2.25 bits per heavy atom. The van der Waals surface area contributed by atoms with Crippen molar-refractivity contribution >= 4 is 15.7 Å². The van der Waals surface area contributed by atoms with Crippen molar-refractivity contribution in [2.75, 3.05) is 19.6 Å². The van der Waals surface area contributed by atoms with Crippen LogP contribution in [0.3, 0.4) is 0 Å². The van der Waals surface area contributed by atoms with Gasteiger partial charge in [0.1, 0.15) is 0 Å². The normalized spacial score (nSPS) is 19.1. The summed E-state index contributed by atoms with van der Waals surface area (Å²) in [5.74, 6) is 0.267. The first-order valence-electron chi connectivity index (χ1n) is 6.35. The molecule has 0 saturated carbocycles. The second-order valence-corrected chi connectivity index (χ2v) is 6.65. The zero-order valence-electron chi connectivity index (χ0n) is 11.1. The maximum absolute atomic E-state index is 12.2. The fraction of sp³-hybridized carbons (Fsp3) is 0.500. The Bertz CT molecular complexity index is 609. The van der Waals surface area contributed by atoms with Gasteiger partial charge in [0, 0.05) is 18.7 Å². The average Bonchev–Trinajstić information content (AvgIpc) is 2.89. The lowest BCUT2D eigenvalue weighted by Crippen LogP contribution is -2.30. The lowest BCUT2D eigenvalue weighted by Gasteiger charge is -2.12. The van der Waals surface area contributed by atoms with Gasteiger partial charge >= 0.3 is 0 Å². The molecule has 0 spiro atoms. The van der Waals surface area contributed by atoms with Crippen molar-refractivity contribution in [3.8, 4) is 0 Å². The predicted octanol–water partition coefficient (Wildman–Crippen LogP) is 0.791. The number of rotatable bonds is 5. The van der Waals surface area contributed by atoms with Gasteiger partial charge < -0.3 is 5.32 Å². The molecular weight excluding hydrogens is 282 g/mol. The third kappa shape index (κ3) is 3.33. The second kappa shape index (κ2) is 5.86. The molecule has 20 heavy (non-hydrogen) atoms. The van der Waals surface area contributed by atoms with Gasteiger partial charge in [-0.15, -0.1) is 0 Å². The van der Waals surface area contributed by atoms with E-state index in [9.17, 15) is 18.5 Å². The molecule has 1 unspecified atom stereocenters. The fourth-order valence-electron chi connectivity index (χ4n) is 2.19. The van der Waals surface area contributed by atoms with E-state index in [2.05, 4.69) is 10.0 Å². The minimum atomic E-state index is -3.72. The van der Waals surface area contributed by atoms with Crippen LogP contribution in [0.1, 0.15) is 12.0 Å². The predicted molar refractivity (Wildman–Crippen MR) is 74.0 cm³/mol. The van der Waals surface area contributed by atoms with E-state index in [0.717, 1.165) is 25.6 Å². The van der Waals surface area contributed by atoms with Crippen LogP contribution in [0.2, 0.25) is 0 Å². The van der Waals surface area contributed by atoms with Gasteiger partial charge in [0.05, 0.1) is 9.82 Å². The van der Waals surface area contributed by atoms with Crippen molar-refractivity contribution in [2.24, 2.45) is 5.92 Å². The summed E-state index contributed by atoms with van der Waals surface area (Å²) in [4.78, 5) is 10.1. The minimum Gasteiger partial charge on any atom is -0.316 e. The third-order valence-corrected chi connectivity index (χ3v) is 4.96. The van der Waals surface area contributed by atoms with E-state index in [1.807, 2.05) is 0 Å².